The average Bonchev–Trinajstić information content (AvgIpc) is 2.29. The molecule has 0 aliphatic heterocycles. The molecule has 1 fully saturated rings. The van der Waals surface area contributed by atoms with Crippen molar-refractivity contribution in [2.24, 2.45) is 5.41 Å². The highest BCUT2D eigenvalue weighted by Crippen LogP contribution is 2.29. The van der Waals surface area contributed by atoms with Crippen LogP contribution in [0, 0.1) is 5.41 Å². The lowest BCUT2D eigenvalue weighted by Crippen LogP contribution is -2.40. The number of carbonyl (C=O) groups is 1. The molecule has 0 bridgehead atoms. The van der Waals surface area contributed by atoms with E-state index in [1.807, 2.05) is 34.6 Å². The second-order valence-corrected chi connectivity index (χ2v) is 6.40. The van der Waals surface area contributed by atoms with Gasteiger partial charge in [-0.2, -0.15) is 0 Å². The Bertz CT molecular complexity index is 275. The molecule has 0 amide bonds. The summed E-state index contributed by atoms with van der Waals surface area (Å²) in [6, 6.07) is 0. The van der Waals surface area contributed by atoms with Gasteiger partial charge in [-0.15, -0.1) is 0 Å². The Kier molecular flexibility index (Phi) is 5.20. The molecule has 1 aliphatic rings. The first-order chi connectivity index (χ1) is 8.27. The first-order valence-corrected chi connectivity index (χ1v) is 7.18. The van der Waals surface area contributed by atoms with Crippen LogP contribution in [0.3, 0.4) is 0 Å². The monoisotopic (exact) mass is 256 g/mol. The van der Waals surface area contributed by atoms with Crippen LogP contribution in [0.5, 0.6) is 0 Å². The summed E-state index contributed by atoms with van der Waals surface area (Å²) in [5, 5.41) is 0. The normalized spacial score (nSPS) is 18.7. The van der Waals surface area contributed by atoms with Crippen LogP contribution in [0.2, 0.25) is 0 Å². The SMILES string of the molecule is CCC(C)(C)C(=O)OC(C)(C)OC1CCCCC1. The second kappa shape index (κ2) is 6.05. The van der Waals surface area contributed by atoms with Crippen LogP contribution in [-0.4, -0.2) is 17.9 Å². The number of esters is 1. The van der Waals surface area contributed by atoms with Crippen LogP contribution in [0.1, 0.15) is 73.1 Å². The van der Waals surface area contributed by atoms with Gasteiger partial charge in [0, 0.05) is 13.8 Å². The molecule has 0 N–H and O–H groups in total. The Morgan fingerprint density at radius 1 is 1.11 bits per heavy atom. The molecule has 0 radical (unpaired) electrons. The van der Waals surface area contributed by atoms with E-state index in [1.165, 1.54) is 19.3 Å². The van der Waals surface area contributed by atoms with Crippen molar-refractivity contribution in [1.82, 2.24) is 0 Å². The minimum absolute atomic E-state index is 0.175. The molecular weight excluding hydrogens is 228 g/mol. The molecule has 1 saturated carbocycles. The van der Waals surface area contributed by atoms with Crippen molar-refractivity contribution < 1.29 is 14.3 Å². The van der Waals surface area contributed by atoms with Crippen molar-refractivity contribution in [2.75, 3.05) is 0 Å². The van der Waals surface area contributed by atoms with E-state index in [-0.39, 0.29) is 12.1 Å². The maximum absolute atomic E-state index is 12.1. The smallest absolute Gasteiger partial charge is 0.313 e. The standard InChI is InChI=1S/C15H28O3/c1-6-14(2,3)13(16)18-15(4,5)17-12-10-8-7-9-11-12/h12H,6-11H2,1-5H3. The van der Waals surface area contributed by atoms with E-state index in [0.29, 0.717) is 0 Å². The molecule has 0 saturated heterocycles. The van der Waals surface area contributed by atoms with E-state index in [1.54, 1.807) is 0 Å². The third kappa shape index (κ3) is 4.60. The van der Waals surface area contributed by atoms with Crippen LogP contribution >= 0.6 is 0 Å². The largest absolute Gasteiger partial charge is 0.433 e. The number of ether oxygens (including phenoxy) is 2. The molecule has 106 valence electrons. The predicted molar refractivity (Wildman–Crippen MR) is 72.2 cm³/mol. The van der Waals surface area contributed by atoms with E-state index in [4.69, 9.17) is 9.47 Å². The minimum Gasteiger partial charge on any atom is -0.433 e. The van der Waals surface area contributed by atoms with Gasteiger partial charge < -0.3 is 9.47 Å². The minimum atomic E-state index is -0.814. The highest BCUT2D eigenvalue weighted by atomic mass is 16.7. The van der Waals surface area contributed by atoms with E-state index in [2.05, 4.69) is 0 Å². The fraction of sp³-hybridized carbons (Fsp3) is 0.933. The number of rotatable bonds is 5. The van der Waals surface area contributed by atoms with Gasteiger partial charge in [-0.3, -0.25) is 4.79 Å². The quantitative estimate of drug-likeness (QED) is 0.550. The lowest BCUT2D eigenvalue weighted by atomic mass is 9.90. The van der Waals surface area contributed by atoms with Gasteiger partial charge in [0.05, 0.1) is 11.5 Å². The lowest BCUT2D eigenvalue weighted by Gasteiger charge is -2.34. The molecule has 1 aliphatic carbocycles. The Morgan fingerprint density at radius 3 is 2.17 bits per heavy atom. The molecule has 0 aromatic carbocycles. The highest BCUT2D eigenvalue weighted by molar-refractivity contribution is 5.76. The van der Waals surface area contributed by atoms with Crippen molar-refractivity contribution >= 4 is 5.97 Å². The Morgan fingerprint density at radius 2 is 1.67 bits per heavy atom. The molecule has 0 spiro atoms. The second-order valence-electron chi connectivity index (χ2n) is 6.40. The summed E-state index contributed by atoms with van der Waals surface area (Å²) < 4.78 is 11.5. The van der Waals surface area contributed by atoms with Crippen molar-refractivity contribution in [3.05, 3.63) is 0 Å². The van der Waals surface area contributed by atoms with Crippen LogP contribution < -0.4 is 0 Å². The van der Waals surface area contributed by atoms with Gasteiger partial charge in [0.25, 0.3) is 0 Å². The van der Waals surface area contributed by atoms with E-state index < -0.39 is 11.2 Å². The lowest BCUT2D eigenvalue weighted by molar-refractivity contribution is -0.242. The molecular formula is C15H28O3. The number of carbonyl (C=O) groups excluding carboxylic acids is 1. The molecule has 18 heavy (non-hydrogen) atoms. The van der Waals surface area contributed by atoms with E-state index >= 15 is 0 Å². The number of hydrogen-bond donors (Lipinski definition) is 0. The summed E-state index contributed by atoms with van der Waals surface area (Å²) in [6.45, 7) is 9.49. The summed E-state index contributed by atoms with van der Waals surface area (Å²) in [5.41, 5.74) is -0.437. The van der Waals surface area contributed by atoms with E-state index in [9.17, 15) is 4.79 Å². The van der Waals surface area contributed by atoms with E-state index in [0.717, 1.165) is 19.3 Å². The van der Waals surface area contributed by atoms with Crippen LogP contribution in [0.25, 0.3) is 0 Å². The van der Waals surface area contributed by atoms with Crippen LogP contribution in [0.4, 0.5) is 0 Å². The van der Waals surface area contributed by atoms with Crippen LogP contribution in [0.15, 0.2) is 0 Å². The molecule has 0 aromatic heterocycles. The first kappa shape index (κ1) is 15.5. The zero-order chi connectivity index (χ0) is 13.8. The summed E-state index contributed by atoms with van der Waals surface area (Å²) in [5.74, 6) is -0.989. The zero-order valence-corrected chi connectivity index (χ0v) is 12.5. The van der Waals surface area contributed by atoms with Gasteiger partial charge in [0.2, 0.25) is 5.79 Å². The fourth-order valence-electron chi connectivity index (χ4n) is 2.11. The summed E-state index contributed by atoms with van der Waals surface area (Å²) >= 11 is 0. The summed E-state index contributed by atoms with van der Waals surface area (Å²) in [4.78, 5) is 12.1. The van der Waals surface area contributed by atoms with Crippen molar-refractivity contribution in [2.45, 2.75) is 85.0 Å². The molecule has 0 aromatic rings. The molecule has 0 unspecified atom stereocenters. The van der Waals surface area contributed by atoms with Crippen LogP contribution in [-0.2, 0) is 14.3 Å². The third-order valence-electron chi connectivity index (χ3n) is 3.78. The molecule has 0 atom stereocenters. The van der Waals surface area contributed by atoms with Gasteiger partial charge in [-0.25, -0.2) is 0 Å². The average molecular weight is 256 g/mol. The van der Waals surface area contributed by atoms with Gasteiger partial charge in [-0.1, -0.05) is 26.2 Å². The predicted octanol–water partition coefficient (Wildman–Crippen LogP) is 4.05. The topological polar surface area (TPSA) is 35.5 Å². The number of hydrogen-bond acceptors (Lipinski definition) is 3. The van der Waals surface area contributed by atoms with Crippen molar-refractivity contribution in [1.29, 1.82) is 0 Å². The zero-order valence-electron chi connectivity index (χ0n) is 12.5. The maximum atomic E-state index is 12.1. The molecule has 1 rings (SSSR count). The molecule has 0 heterocycles. The molecule has 3 heteroatoms. The van der Waals surface area contributed by atoms with Gasteiger partial charge in [0.15, 0.2) is 0 Å². The Balaban J connectivity index is 2.50. The van der Waals surface area contributed by atoms with Crippen molar-refractivity contribution in [3.63, 3.8) is 0 Å². The van der Waals surface area contributed by atoms with Gasteiger partial charge >= 0.3 is 5.97 Å². The first-order valence-electron chi connectivity index (χ1n) is 7.18. The summed E-state index contributed by atoms with van der Waals surface area (Å²) in [6.07, 6.45) is 6.90. The van der Waals surface area contributed by atoms with Crippen molar-refractivity contribution in [3.8, 4) is 0 Å². The summed E-state index contributed by atoms with van der Waals surface area (Å²) in [7, 11) is 0. The fourth-order valence-corrected chi connectivity index (χ4v) is 2.11. The Hall–Kier alpha value is -0.570. The van der Waals surface area contributed by atoms with Gasteiger partial charge in [-0.05, 0) is 33.1 Å². The maximum Gasteiger partial charge on any atom is 0.313 e. The molecule has 3 nitrogen and oxygen atoms in total. The highest BCUT2D eigenvalue weighted by Gasteiger charge is 2.34. The Labute approximate surface area is 111 Å². The van der Waals surface area contributed by atoms with Gasteiger partial charge in [0.1, 0.15) is 0 Å². The third-order valence-corrected chi connectivity index (χ3v) is 3.78.